The first-order valence-corrected chi connectivity index (χ1v) is 14.3. The SMILES string of the molecule is O=C(O)c1ccc(-c2ccc(/C=N\NC(=O)[C@H](Cc3ccccc3)NS(=O)(=O)c3ccc(I)cc3)o2)cc1Cl. The monoisotopic (exact) mass is 677 g/mol. The average molecular weight is 678 g/mol. The van der Waals surface area contributed by atoms with E-state index in [0.717, 1.165) is 9.13 Å². The summed E-state index contributed by atoms with van der Waals surface area (Å²) in [7, 11) is -3.99. The third-order valence-electron chi connectivity index (χ3n) is 5.50. The zero-order valence-corrected chi connectivity index (χ0v) is 23.8. The van der Waals surface area contributed by atoms with Crippen LogP contribution in [0.25, 0.3) is 11.3 Å². The molecule has 1 aromatic heterocycles. The zero-order valence-electron chi connectivity index (χ0n) is 20.0. The Hall–Kier alpha value is -3.52. The van der Waals surface area contributed by atoms with E-state index in [1.165, 1.54) is 30.5 Å². The first-order chi connectivity index (χ1) is 18.6. The number of benzene rings is 3. The van der Waals surface area contributed by atoms with Gasteiger partial charge in [0.2, 0.25) is 10.0 Å². The second kappa shape index (κ2) is 12.6. The van der Waals surface area contributed by atoms with Crippen LogP contribution in [0.4, 0.5) is 0 Å². The quantitative estimate of drug-likeness (QED) is 0.124. The largest absolute Gasteiger partial charge is 0.478 e. The molecule has 0 saturated carbocycles. The van der Waals surface area contributed by atoms with Crippen LogP contribution in [0, 0.1) is 3.57 Å². The molecule has 0 bridgehead atoms. The minimum Gasteiger partial charge on any atom is -0.478 e. The minimum absolute atomic E-state index is 0.0285. The van der Waals surface area contributed by atoms with E-state index in [1.54, 1.807) is 54.6 Å². The van der Waals surface area contributed by atoms with Gasteiger partial charge in [0.15, 0.2) is 0 Å². The Morgan fingerprint density at radius 1 is 1.03 bits per heavy atom. The summed E-state index contributed by atoms with van der Waals surface area (Å²) >= 11 is 8.11. The molecule has 3 aromatic carbocycles. The second-order valence-electron chi connectivity index (χ2n) is 8.25. The summed E-state index contributed by atoms with van der Waals surface area (Å²) in [6, 6.07) is 21.8. The van der Waals surface area contributed by atoms with Crippen LogP contribution in [0.3, 0.4) is 0 Å². The molecule has 0 radical (unpaired) electrons. The highest BCUT2D eigenvalue weighted by Gasteiger charge is 2.26. The molecule has 0 aliphatic heterocycles. The minimum atomic E-state index is -3.99. The Labute approximate surface area is 243 Å². The Morgan fingerprint density at radius 3 is 2.41 bits per heavy atom. The highest BCUT2D eigenvalue weighted by Crippen LogP contribution is 2.27. The number of rotatable bonds is 10. The van der Waals surface area contributed by atoms with Gasteiger partial charge in [-0.2, -0.15) is 9.82 Å². The molecule has 0 fully saturated rings. The van der Waals surface area contributed by atoms with Crippen LogP contribution < -0.4 is 10.1 Å². The number of amides is 1. The van der Waals surface area contributed by atoms with Crippen molar-refractivity contribution < 1.29 is 27.5 Å². The van der Waals surface area contributed by atoms with Gasteiger partial charge < -0.3 is 9.52 Å². The lowest BCUT2D eigenvalue weighted by atomic mass is 10.1. The fraction of sp³-hybridized carbons (Fsp3) is 0.0741. The van der Waals surface area contributed by atoms with Crippen molar-refractivity contribution in [1.82, 2.24) is 10.1 Å². The number of sulfonamides is 1. The van der Waals surface area contributed by atoms with E-state index in [4.69, 9.17) is 21.1 Å². The van der Waals surface area contributed by atoms with Crippen molar-refractivity contribution in [2.24, 2.45) is 5.10 Å². The van der Waals surface area contributed by atoms with Crippen molar-refractivity contribution in [2.45, 2.75) is 17.4 Å². The summed E-state index contributed by atoms with van der Waals surface area (Å²) in [5, 5.41) is 13.1. The Kier molecular flexibility index (Phi) is 9.17. The standard InChI is InChI=1S/C27H21ClIN3O6S/c28-23-15-18(6-12-22(23)27(34)35)25-13-9-20(38-25)16-30-31-26(33)24(14-17-4-2-1-3-5-17)32-39(36,37)21-10-7-19(29)8-11-21/h1-13,15-16,24,32H,14H2,(H,31,33)(H,34,35)/b30-16-/t24-/m0/s1. The molecule has 200 valence electrons. The van der Waals surface area contributed by atoms with E-state index in [2.05, 4.69) is 37.8 Å². The molecule has 4 rings (SSSR count). The summed E-state index contributed by atoms with van der Waals surface area (Å²) < 4.78 is 35.0. The first-order valence-electron chi connectivity index (χ1n) is 11.4. The molecule has 12 heteroatoms. The molecule has 39 heavy (non-hydrogen) atoms. The van der Waals surface area contributed by atoms with Gasteiger partial charge in [0.25, 0.3) is 5.91 Å². The van der Waals surface area contributed by atoms with Crippen LogP contribution in [-0.2, 0) is 21.2 Å². The normalized spacial score (nSPS) is 12.4. The number of carbonyl (C=O) groups excluding carboxylic acids is 1. The Balaban J connectivity index is 1.48. The number of hydrogen-bond acceptors (Lipinski definition) is 6. The molecule has 1 amide bonds. The fourth-order valence-corrected chi connectivity index (χ4v) is 5.38. The number of nitrogens with zero attached hydrogens (tertiary/aromatic N) is 1. The lowest BCUT2D eigenvalue weighted by molar-refractivity contribution is -0.122. The zero-order chi connectivity index (χ0) is 28.0. The van der Waals surface area contributed by atoms with Gasteiger partial charge in [0.1, 0.15) is 17.6 Å². The van der Waals surface area contributed by atoms with E-state index in [0.29, 0.717) is 17.1 Å². The van der Waals surface area contributed by atoms with Crippen LogP contribution in [0.15, 0.2) is 99.3 Å². The smallest absolute Gasteiger partial charge is 0.337 e. The van der Waals surface area contributed by atoms with E-state index in [-0.39, 0.29) is 21.9 Å². The number of carboxylic acid groups (broad SMARTS) is 1. The van der Waals surface area contributed by atoms with Gasteiger partial charge in [-0.25, -0.2) is 18.6 Å². The van der Waals surface area contributed by atoms with Crippen LogP contribution >= 0.6 is 34.2 Å². The van der Waals surface area contributed by atoms with Gasteiger partial charge in [-0.05, 0) is 83.1 Å². The number of hydrazone groups is 1. The maximum Gasteiger partial charge on any atom is 0.337 e. The maximum atomic E-state index is 13.0. The topological polar surface area (TPSA) is 138 Å². The summed E-state index contributed by atoms with van der Waals surface area (Å²) in [5.41, 5.74) is 3.66. The van der Waals surface area contributed by atoms with Gasteiger partial charge in [-0.15, -0.1) is 0 Å². The third-order valence-corrected chi connectivity index (χ3v) is 8.02. The number of carbonyl (C=O) groups is 2. The van der Waals surface area contributed by atoms with Gasteiger partial charge in [0, 0.05) is 9.13 Å². The molecule has 9 nitrogen and oxygen atoms in total. The highest BCUT2D eigenvalue weighted by atomic mass is 127. The molecule has 0 saturated heterocycles. The van der Waals surface area contributed by atoms with Crippen LogP contribution in [0.5, 0.6) is 0 Å². The fourth-order valence-electron chi connectivity index (χ4n) is 3.56. The van der Waals surface area contributed by atoms with Crippen molar-refractivity contribution in [3.63, 3.8) is 0 Å². The molecule has 1 atom stereocenters. The highest BCUT2D eigenvalue weighted by molar-refractivity contribution is 14.1. The number of halogens is 2. The van der Waals surface area contributed by atoms with Crippen LogP contribution in [0.2, 0.25) is 5.02 Å². The number of carboxylic acids is 1. The molecule has 0 aliphatic rings. The van der Waals surface area contributed by atoms with Gasteiger partial charge in [-0.1, -0.05) is 48.0 Å². The summed E-state index contributed by atoms with van der Waals surface area (Å²) in [6.45, 7) is 0. The molecule has 0 spiro atoms. The van der Waals surface area contributed by atoms with Crippen molar-refractivity contribution in [3.8, 4) is 11.3 Å². The van der Waals surface area contributed by atoms with Crippen molar-refractivity contribution in [2.75, 3.05) is 0 Å². The van der Waals surface area contributed by atoms with Crippen molar-refractivity contribution >= 4 is 62.3 Å². The Morgan fingerprint density at radius 2 is 1.74 bits per heavy atom. The lowest BCUT2D eigenvalue weighted by Crippen LogP contribution is -2.46. The number of aromatic carboxylic acids is 1. The summed E-state index contributed by atoms with van der Waals surface area (Å²) in [4.78, 5) is 24.2. The molecular formula is C27H21ClIN3O6S. The predicted molar refractivity (Wildman–Crippen MR) is 155 cm³/mol. The van der Waals surface area contributed by atoms with Gasteiger partial charge in [0.05, 0.1) is 21.7 Å². The molecule has 1 heterocycles. The van der Waals surface area contributed by atoms with E-state index in [9.17, 15) is 18.0 Å². The van der Waals surface area contributed by atoms with Crippen molar-refractivity contribution in [1.29, 1.82) is 0 Å². The lowest BCUT2D eigenvalue weighted by Gasteiger charge is -2.17. The predicted octanol–water partition coefficient (Wildman–Crippen LogP) is 4.94. The molecule has 3 N–H and O–H groups in total. The third kappa shape index (κ3) is 7.53. The van der Waals surface area contributed by atoms with E-state index < -0.39 is 27.9 Å². The summed E-state index contributed by atoms with van der Waals surface area (Å²) in [5.74, 6) is -1.09. The average Bonchev–Trinajstić information content (AvgIpc) is 3.37. The van der Waals surface area contributed by atoms with E-state index >= 15 is 0 Å². The summed E-state index contributed by atoms with van der Waals surface area (Å²) in [6.07, 6.45) is 1.37. The molecule has 0 aliphatic carbocycles. The second-order valence-corrected chi connectivity index (χ2v) is 11.6. The van der Waals surface area contributed by atoms with Crippen LogP contribution in [-0.4, -0.2) is 37.7 Å². The van der Waals surface area contributed by atoms with Gasteiger partial charge >= 0.3 is 5.97 Å². The number of nitrogens with one attached hydrogen (secondary N) is 2. The first kappa shape index (κ1) is 28.5. The number of furan rings is 1. The van der Waals surface area contributed by atoms with Crippen molar-refractivity contribution in [3.05, 3.63) is 110 Å². The molecule has 0 unspecified atom stereocenters. The van der Waals surface area contributed by atoms with Gasteiger partial charge in [-0.3, -0.25) is 4.79 Å². The van der Waals surface area contributed by atoms with Crippen LogP contribution in [0.1, 0.15) is 21.7 Å². The molecule has 4 aromatic rings. The Bertz CT molecular complexity index is 1620. The number of hydrogen-bond donors (Lipinski definition) is 3. The molecular weight excluding hydrogens is 657 g/mol. The van der Waals surface area contributed by atoms with E-state index in [1.807, 2.05) is 6.07 Å². The maximum absolute atomic E-state index is 13.0.